The van der Waals surface area contributed by atoms with Gasteiger partial charge in [0.05, 0.1) is 12.9 Å². The molecule has 1 fully saturated rings. The molecule has 0 radical (unpaired) electrons. The Labute approximate surface area is 158 Å². The van der Waals surface area contributed by atoms with Crippen molar-refractivity contribution in [1.82, 2.24) is 10.2 Å². The van der Waals surface area contributed by atoms with Crippen LogP contribution in [-0.4, -0.2) is 63.1 Å². The van der Waals surface area contributed by atoms with Crippen LogP contribution in [0.3, 0.4) is 0 Å². The molecule has 0 spiro atoms. The molecule has 0 aromatic heterocycles. The minimum absolute atomic E-state index is 0.162. The van der Waals surface area contributed by atoms with Crippen LogP contribution in [0, 0.1) is 0 Å². The van der Waals surface area contributed by atoms with E-state index in [1.807, 2.05) is 0 Å². The number of carboxylic acid groups (broad SMARTS) is 2. The van der Waals surface area contributed by atoms with Crippen molar-refractivity contribution >= 4 is 35.5 Å². The summed E-state index contributed by atoms with van der Waals surface area (Å²) in [6, 6.07) is 6.95. The summed E-state index contributed by atoms with van der Waals surface area (Å²) < 4.78 is 5.03. The zero-order chi connectivity index (χ0) is 19.7. The van der Waals surface area contributed by atoms with Gasteiger partial charge in [0.15, 0.2) is 11.6 Å². The third-order valence-electron chi connectivity index (χ3n) is 4.32. The van der Waals surface area contributed by atoms with Crippen molar-refractivity contribution < 1.29 is 34.1 Å². The lowest BCUT2D eigenvalue weighted by Gasteiger charge is -2.49. The van der Waals surface area contributed by atoms with E-state index in [0.717, 1.165) is 4.90 Å². The molecule has 3 N–H and O–H groups in total. The van der Waals surface area contributed by atoms with E-state index in [1.165, 1.54) is 31.0 Å². The molecule has 27 heavy (non-hydrogen) atoms. The first kappa shape index (κ1) is 18.8. The Morgan fingerprint density at radius 2 is 1.93 bits per heavy atom. The molecule has 10 heteroatoms. The van der Waals surface area contributed by atoms with Crippen LogP contribution >= 0.6 is 11.8 Å². The maximum Gasteiger partial charge on any atom is 0.356 e. The Bertz CT molecular complexity index is 839. The molecule has 9 nitrogen and oxygen atoms in total. The molecule has 1 unspecified atom stereocenters. The van der Waals surface area contributed by atoms with Gasteiger partial charge in [-0.2, -0.15) is 0 Å². The fraction of sp³-hybridized carbons (Fsp3) is 0.294. The first-order chi connectivity index (χ1) is 12.9. The molecule has 3 rings (SSSR count). The van der Waals surface area contributed by atoms with E-state index in [4.69, 9.17) is 4.74 Å². The number of hydrogen-bond acceptors (Lipinski definition) is 6. The average Bonchev–Trinajstić information content (AvgIpc) is 2.65. The van der Waals surface area contributed by atoms with Crippen LogP contribution in [0.5, 0.6) is 0 Å². The summed E-state index contributed by atoms with van der Waals surface area (Å²) in [5.41, 5.74) is 0.0322. The standard InChI is InChI=1S/C17H16N2O7S/c1-26-9-7-27-15-11(14(21)19(15)12(9)17(24)25)18-13(20)10(16(22)23)8-5-3-2-4-6-8/h2-6,10-11,15H,7H2,1H3,(H,18,20)(H,22,23)(H,24,25)/t10?,11-,15-/m1/s1. The van der Waals surface area contributed by atoms with Gasteiger partial charge >= 0.3 is 11.9 Å². The summed E-state index contributed by atoms with van der Waals surface area (Å²) in [6.45, 7) is 0. The smallest absolute Gasteiger partial charge is 0.356 e. The van der Waals surface area contributed by atoms with Crippen LogP contribution in [0.4, 0.5) is 0 Å². The number of fused-ring (bicyclic) bond motifs is 1. The second-order valence-corrected chi connectivity index (χ2v) is 6.96. The van der Waals surface area contributed by atoms with Crippen molar-refractivity contribution in [3.05, 3.63) is 47.4 Å². The highest BCUT2D eigenvalue weighted by Crippen LogP contribution is 2.40. The molecule has 0 saturated carbocycles. The van der Waals surface area contributed by atoms with E-state index in [1.54, 1.807) is 18.2 Å². The van der Waals surface area contributed by atoms with Crippen LogP contribution in [0.1, 0.15) is 11.5 Å². The summed E-state index contributed by atoms with van der Waals surface area (Å²) in [4.78, 5) is 49.0. The Morgan fingerprint density at radius 3 is 2.48 bits per heavy atom. The van der Waals surface area contributed by atoms with Crippen LogP contribution < -0.4 is 5.32 Å². The molecule has 0 bridgehead atoms. The van der Waals surface area contributed by atoms with E-state index in [-0.39, 0.29) is 22.8 Å². The topological polar surface area (TPSA) is 133 Å². The largest absolute Gasteiger partial charge is 0.498 e. The Morgan fingerprint density at radius 1 is 1.26 bits per heavy atom. The summed E-state index contributed by atoms with van der Waals surface area (Å²) in [5.74, 6) is -5.18. The number of nitrogens with zero attached hydrogens (tertiary/aromatic N) is 1. The second kappa shape index (κ2) is 7.31. The van der Waals surface area contributed by atoms with Crippen molar-refractivity contribution in [3.8, 4) is 0 Å². The molecule has 2 amide bonds. The third-order valence-corrected chi connectivity index (χ3v) is 5.58. The van der Waals surface area contributed by atoms with Crippen molar-refractivity contribution in [2.45, 2.75) is 17.3 Å². The highest BCUT2D eigenvalue weighted by Gasteiger charge is 2.55. The molecular weight excluding hydrogens is 376 g/mol. The lowest BCUT2D eigenvalue weighted by molar-refractivity contribution is -0.152. The van der Waals surface area contributed by atoms with Gasteiger partial charge in [0.1, 0.15) is 17.2 Å². The zero-order valence-electron chi connectivity index (χ0n) is 14.1. The minimum atomic E-state index is -1.47. The Kier molecular flexibility index (Phi) is 5.08. The van der Waals surface area contributed by atoms with Crippen molar-refractivity contribution in [1.29, 1.82) is 0 Å². The number of carbonyl (C=O) groups is 4. The highest BCUT2D eigenvalue weighted by atomic mass is 32.2. The number of carbonyl (C=O) groups excluding carboxylic acids is 2. The number of benzene rings is 1. The van der Waals surface area contributed by atoms with Crippen LogP contribution in [0.15, 0.2) is 41.8 Å². The molecular formula is C17H16N2O7S. The number of methoxy groups -OCH3 is 1. The van der Waals surface area contributed by atoms with E-state index in [0.29, 0.717) is 0 Å². The average molecular weight is 392 g/mol. The number of ether oxygens (including phenoxy) is 1. The number of rotatable bonds is 6. The van der Waals surface area contributed by atoms with Gasteiger partial charge in [-0.1, -0.05) is 30.3 Å². The predicted octanol–water partition coefficient (Wildman–Crippen LogP) is 0.197. The summed E-state index contributed by atoms with van der Waals surface area (Å²) in [6.07, 6.45) is 0. The zero-order valence-corrected chi connectivity index (χ0v) is 14.9. The maximum absolute atomic E-state index is 12.5. The minimum Gasteiger partial charge on any atom is -0.498 e. The van der Waals surface area contributed by atoms with Crippen molar-refractivity contribution in [2.75, 3.05) is 12.9 Å². The number of aliphatic carboxylic acids is 2. The van der Waals surface area contributed by atoms with Gasteiger partial charge in [0.25, 0.3) is 5.91 Å². The van der Waals surface area contributed by atoms with E-state index in [2.05, 4.69) is 5.32 Å². The van der Waals surface area contributed by atoms with Gasteiger partial charge < -0.3 is 20.3 Å². The fourth-order valence-corrected chi connectivity index (χ4v) is 4.35. The first-order valence-corrected chi connectivity index (χ1v) is 8.95. The maximum atomic E-state index is 12.5. The Hall–Kier alpha value is -3.01. The Balaban J connectivity index is 1.79. The molecule has 1 aromatic carbocycles. The number of amides is 2. The quantitative estimate of drug-likeness (QED) is 0.462. The van der Waals surface area contributed by atoms with Crippen molar-refractivity contribution in [3.63, 3.8) is 0 Å². The predicted molar refractivity (Wildman–Crippen MR) is 93.5 cm³/mol. The number of β-lactam (4-membered cyclic amide) rings is 1. The van der Waals surface area contributed by atoms with Gasteiger partial charge in [-0.25, -0.2) is 4.79 Å². The van der Waals surface area contributed by atoms with Crippen LogP contribution in [0.2, 0.25) is 0 Å². The molecule has 3 atom stereocenters. The van der Waals surface area contributed by atoms with E-state index in [9.17, 15) is 29.4 Å². The lowest BCUT2D eigenvalue weighted by atomic mass is 9.96. The monoisotopic (exact) mass is 392 g/mol. The fourth-order valence-electron chi connectivity index (χ4n) is 3.04. The number of carboxylic acids is 2. The normalized spacial score (nSPS) is 22.4. The summed E-state index contributed by atoms with van der Waals surface area (Å²) >= 11 is 1.23. The lowest BCUT2D eigenvalue weighted by Crippen LogP contribution is -2.71. The second-order valence-electron chi connectivity index (χ2n) is 5.86. The SMILES string of the molecule is COC1=C(C(=O)O)N2C(=O)[C@@H](NC(=O)C(C(=O)O)c3ccccc3)[C@H]2SC1. The van der Waals surface area contributed by atoms with Gasteiger partial charge in [-0.15, -0.1) is 11.8 Å². The molecule has 2 aliphatic rings. The molecule has 1 saturated heterocycles. The van der Waals surface area contributed by atoms with E-state index < -0.39 is 41.1 Å². The van der Waals surface area contributed by atoms with Crippen LogP contribution in [-0.2, 0) is 23.9 Å². The summed E-state index contributed by atoms with van der Waals surface area (Å²) in [5, 5.41) is 20.6. The molecule has 2 aliphatic heterocycles. The molecule has 0 aliphatic carbocycles. The van der Waals surface area contributed by atoms with Gasteiger partial charge in [-0.3, -0.25) is 19.3 Å². The number of nitrogens with one attached hydrogen (secondary N) is 1. The number of hydrogen-bond donors (Lipinski definition) is 3. The molecule has 1 aromatic rings. The summed E-state index contributed by atoms with van der Waals surface area (Å²) in [7, 11) is 1.32. The van der Waals surface area contributed by atoms with Crippen molar-refractivity contribution in [2.24, 2.45) is 0 Å². The van der Waals surface area contributed by atoms with Gasteiger partial charge in [0.2, 0.25) is 5.91 Å². The molecule has 142 valence electrons. The highest BCUT2D eigenvalue weighted by molar-refractivity contribution is 8.00. The van der Waals surface area contributed by atoms with Gasteiger partial charge in [-0.05, 0) is 5.56 Å². The van der Waals surface area contributed by atoms with E-state index >= 15 is 0 Å². The first-order valence-electron chi connectivity index (χ1n) is 7.90. The van der Waals surface area contributed by atoms with Crippen LogP contribution in [0.25, 0.3) is 0 Å². The number of thioether (sulfide) groups is 1. The molecule has 2 heterocycles. The van der Waals surface area contributed by atoms with Gasteiger partial charge in [0, 0.05) is 0 Å². The third kappa shape index (κ3) is 3.23.